The number of nitrogen functional groups attached to an aromatic ring is 1. The Labute approximate surface area is 130 Å². The molecule has 0 saturated heterocycles. The van der Waals surface area contributed by atoms with Crippen LogP contribution in [0.2, 0.25) is 0 Å². The number of anilines is 2. The van der Waals surface area contributed by atoms with E-state index < -0.39 is 0 Å². The van der Waals surface area contributed by atoms with Crippen LogP contribution in [-0.2, 0) is 0 Å². The molecule has 0 amide bonds. The number of imidazole rings is 1. The average Bonchev–Trinajstić information content (AvgIpc) is 2.93. The van der Waals surface area contributed by atoms with Gasteiger partial charge >= 0.3 is 0 Å². The highest BCUT2D eigenvalue weighted by Gasteiger charge is 2.15. The standard InChI is InChI=1S/C17H21N5/c1-2-3-7-10-20-16-14(13-8-5-4-6-9-13)21-17-15(18)19-11-12-22(16)17/h4-6,8-9,11-12,20H,2-3,7,10H2,1H3,(H2,18,19). The number of nitrogens with two attached hydrogens (primary N) is 1. The van der Waals surface area contributed by atoms with Gasteiger partial charge < -0.3 is 11.1 Å². The fraction of sp³-hybridized carbons (Fsp3) is 0.294. The van der Waals surface area contributed by atoms with Crippen molar-refractivity contribution in [2.24, 2.45) is 0 Å². The van der Waals surface area contributed by atoms with E-state index in [-0.39, 0.29) is 0 Å². The van der Waals surface area contributed by atoms with E-state index >= 15 is 0 Å². The van der Waals surface area contributed by atoms with Crippen molar-refractivity contribution in [3.8, 4) is 11.3 Å². The summed E-state index contributed by atoms with van der Waals surface area (Å²) >= 11 is 0. The normalized spacial score (nSPS) is 11.0. The number of fused-ring (bicyclic) bond motifs is 1. The SMILES string of the molecule is CCCCCNc1c(-c2ccccc2)nc2c(N)nccn12. The smallest absolute Gasteiger partial charge is 0.182 e. The molecular weight excluding hydrogens is 274 g/mol. The Hall–Kier alpha value is -2.56. The van der Waals surface area contributed by atoms with Crippen LogP contribution in [0.4, 0.5) is 11.6 Å². The number of nitrogens with one attached hydrogen (secondary N) is 1. The molecule has 0 fully saturated rings. The van der Waals surface area contributed by atoms with Crippen molar-refractivity contribution in [1.82, 2.24) is 14.4 Å². The fourth-order valence-electron chi connectivity index (χ4n) is 2.54. The van der Waals surface area contributed by atoms with Crippen LogP contribution in [0.15, 0.2) is 42.7 Å². The molecule has 114 valence electrons. The zero-order valence-electron chi connectivity index (χ0n) is 12.8. The highest BCUT2D eigenvalue weighted by Crippen LogP contribution is 2.29. The predicted octanol–water partition coefficient (Wildman–Crippen LogP) is 3.58. The van der Waals surface area contributed by atoms with Crippen molar-refractivity contribution in [1.29, 1.82) is 0 Å². The lowest BCUT2D eigenvalue weighted by molar-refractivity contribution is 0.742. The van der Waals surface area contributed by atoms with Crippen molar-refractivity contribution in [3.63, 3.8) is 0 Å². The molecule has 0 radical (unpaired) electrons. The predicted molar refractivity (Wildman–Crippen MR) is 90.9 cm³/mol. The summed E-state index contributed by atoms with van der Waals surface area (Å²) in [4.78, 5) is 8.83. The molecule has 3 rings (SSSR count). The van der Waals surface area contributed by atoms with Crippen LogP contribution < -0.4 is 11.1 Å². The van der Waals surface area contributed by atoms with Crippen molar-refractivity contribution >= 4 is 17.3 Å². The van der Waals surface area contributed by atoms with Gasteiger partial charge in [-0.25, -0.2) is 9.97 Å². The van der Waals surface area contributed by atoms with Crippen LogP contribution in [0.25, 0.3) is 16.9 Å². The topological polar surface area (TPSA) is 68.2 Å². The summed E-state index contributed by atoms with van der Waals surface area (Å²) in [7, 11) is 0. The third-order valence-electron chi connectivity index (χ3n) is 3.69. The van der Waals surface area contributed by atoms with E-state index in [1.807, 2.05) is 28.8 Å². The second kappa shape index (κ2) is 6.47. The van der Waals surface area contributed by atoms with Crippen LogP contribution in [-0.4, -0.2) is 20.9 Å². The van der Waals surface area contributed by atoms with Crippen LogP contribution in [0.1, 0.15) is 26.2 Å². The molecular formula is C17H21N5. The van der Waals surface area contributed by atoms with E-state index in [0.29, 0.717) is 11.5 Å². The Bertz CT molecular complexity index is 748. The largest absolute Gasteiger partial charge is 0.381 e. The molecule has 0 saturated carbocycles. The Morgan fingerprint density at radius 2 is 2.00 bits per heavy atom. The first kappa shape index (κ1) is 14.4. The number of benzene rings is 1. The highest BCUT2D eigenvalue weighted by molar-refractivity contribution is 5.79. The number of hydrogen-bond acceptors (Lipinski definition) is 4. The lowest BCUT2D eigenvalue weighted by Gasteiger charge is -2.08. The number of aromatic nitrogens is 3. The van der Waals surface area contributed by atoms with Gasteiger partial charge in [-0.1, -0.05) is 50.1 Å². The lowest BCUT2D eigenvalue weighted by atomic mass is 10.1. The lowest BCUT2D eigenvalue weighted by Crippen LogP contribution is -2.05. The van der Waals surface area contributed by atoms with Gasteiger partial charge in [0.25, 0.3) is 0 Å². The van der Waals surface area contributed by atoms with E-state index in [4.69, 9.17) is 10.7 Å². The summed E-state index contributed by atoms with van der Waals surface area (Å²) in [6.07, 6.45) is 7.16. The molecule has 5 nitrogen and oxygen atoms in total. The summed E-state index contributed by atoms with van der Waals surface area (Å²) in [5.41, 5.74) is 8.65. The Balaban J connectivity index is 2.04. The third-order valence-corrected chi connectivity index (χ3v) is 3.69. The number of hydrogen-bond donors (Lipinski definition) is 2. The van der Waals surface area contributed by atoms with Crippen molar-refractivity contribution in [3.05, 3.63) is 42.7 Å². The summed E-state index contributed by atoms with van der Waals surface area (Å²) in [6.45, 7) is 3.12. The monoisotopic (exact) mass is 295 g/mol. The van der Waals surface area contributed by atoms with E-state index in [1.165, 1.54) is 12.8 Å². The van der Waals surface area contributed by atoms with Crippen molar-refractivity contribution in [2.45, 2.75) is 26.2 Å². The molecule has 0 bridgehead atoms. The number of nitrogens with zero attached hydrogens (tertiary/aromatic N) is 3. The average molecular weight is 295 g/mol. The molecule has 3 aromatic rings. The molecule has 0 spiro atoms. The second-order valence-corrected chi connectivity index (χ2v) is 5.32. The molecule has 3 N–H and O–H groups in total. The highest BCUT2D eigenvalue weighted by atomic mass is 15.2. The zero-order valence-corrected chi connectivity index (χ0v) is 12.8. The molecule has 0 aliphatic carbocycles. The van der Waals surface area contributed by atoms with E-state index in [0.717, 1.165) is 30.0 Å². The quantitative estimate of drug-likeness (QED) is 0.682. The maximum Gasteiger partial charge on any atom is 0.182 e. The molecule has 1 aromatic carbocycles. The summed E-state index contributed by atoms with van der Waals surface area (Å²) < 4.78 is 1.98. The van der Waals surface area contributed by atoms with Gasteiger partial charge in [-0.15, -0.1) is 0 Å². The van der Waals surface area contributed by atoms with E-state index in [1.54, 1.807) is 6.20 Å². The van der Waals surface area contributed by atoms with Gasteiger partial charge in [-0.3, -0.25) is 4.40 Å². The van der Waals surface area contributed by atoms with Gasteiger partial charge in [-0.2, -0.15) is 0 Å². The number of unbranched alkanes of at least 4 members (excludes halogenated alkanes) is 2. The molecule has 0 aliphatic rings. The van der Waals surface area contributed by atoms with Crippen LogP contribution in [0.5, 0.6) is 0 Å². The number of rotatable bonds is 6. The first-order valence-electron chi connectivity index (χ1n) is 7.73. The summed E-state index contributed by atoms with van der Waals surface area (Å²) in [5.74, 6) is 1.42. The molecule has 0 aliphatic heterocycles. The fourth-order valence-corrected chi connectivity index (χ4v) is 2.54. The second-order valence-electron chi connectivity index (χ2n) is 5.32. The molecule has 2 aromatic heterocycles. The first-order chi connectivity index (χ1) is 10.8. The molecule has 5 heteroatoms. The summed E-state index contributed by atoms with van der Waals surface area (Å²) in [5, 5.41) is 3.51. The molecule has 22 heavy (non-hydrogen) atoms. The van der Waals surface area contributed by atoms with Gasteiger partial charge in [0.05, 0.1) is 0 Å². The van der Waals surface area contributed by atoms with Gasteiger partial charge in [-0.05, 0) is 6.42 Å². The molecule has 2 heterocycles. The van der Waals surface area contributed by atoms with Crippen molar-refractivity contribution < 1.29 is 0 Å². The van der Waals surface area contributed by atoms with E-state index in [2.05, 4.69) is 29.4 Å². The Morgan fingerprint density at radius 1 is 1.18 bits per heavy atom. The van der Waals surface area contributed by atoms with Gasteiger partial charge in [0, 0.05) is 24.5 Å². The first-order valence-corrected chi connectivity index (χ1v) is 7.73. The van der Waals surface area contributed by atoms with Crippen LogP contribution >= 0.6 is 0 Å². The van der Waals surface area contributed by atoms with Gasteiger partial charge in [0.2, 0.25) is 0 Å². The third kappa shape index (κ3) is 2.74. The minimum atomic E-state index is 0.446. The minimum absolute atomic E-state index is 0.446. The maximum absolute atomic E-state index is 5.97. The molecule has 0 unspecified atom stereocenters. The molecule has 0 atom stereocenters. The van der Waals surface area contributed by atoms with E-state index in [9.17, 15) is 0 Å². The van der Waals surface area contributed by atoms with Gasteiger partial charge in [0.1, 0.15) is 11.5 Å². The Kier molecular flexibility index (Phi) is 4.23. The summed E-state index contributed by atoms with van der Waals surface area (Å²) in [6, 6.07) is 10.2. The Morgan fingerprint density at radius 3 is 2.77 bits per heavy atom. The van der Waals surface area contributed by atoms with Crippen LogP contribution in [0, 0.1) is 0 Å². The van der Waals surface area contributed by atoms with Gasteiger partial charge in [0.15, 0.2) is 11.5 Å². The zero-order chi connectivity index (χ0) is 15.4. The van der Waals surface area contributed by atoms with Crippen LogP contribution in [0.3, 0.4) is 0 Å². The maximum atomic E-state index is 5.97. The van der Waals surface area contributed by atoms with Crippen molar-refractivity contribution in [2.75, 3.05) is 17.6 Å². The minimum Gasteiger partial charge on any atom is -0.381 e.